The SMILES string of the molecule is C=CC(=O)N1CCC(C(=O)N2Cc3ccncc3C2)(c2ccccc2)CC1. The number of fused-ring (bicyclic) bond motifs is 1. The number of piperidine rings is 1. The van der Waals surface area contributed by atoms with Crippen LogP contribution in [-0.4, -0.2) is 39.7 Å². The van der Waals surface area contributed by atoms with Crippen molar-refractivity contribution in [1.82, 2.24) is 14.8 Å². The summed E-state index contributed by atoms with van der Waals surface area (Å²) in [5.74, 6) is 0.0827. The summed E-state index contributed by atoms with van der Waals surface area (Å²) in [6, 6.07) is 12.0. The zero-order valence-corrected chi connectivity index (χ0v) is 15.3. The maximum atomic E-state index is 13.7. The highest BCUT2D eigenvalue weighted by atomic mass is 16.2. The molecule has 4 rings (SSSR count). The van der Waals surface area contributed by atoms with Gasteiger partial charge in [-0.25, -0.2) is 0 Å². The number of aromatic nitrogens is 1. The number of benzene rings is 1. The smallest absolute Gasteiger partial charge is 0.245 e. The van der Waals surface area contributed by atoms with Crippen molar-refractivity contribution in [1.29, 1.82) is 0 Å². The first-order chi connectivity index (χ1) is 13.1. The van der Waals surface area contributed by atoms with E-state index in [4.69, 9.17) is 0 Å². The first kappa shape index (κ1) is 17.5. The lowest BCUT2D eigenvalue weighted by atomic mass is 9.71. The Labute approximate surface area is 159 Å². The van der Waals surface area contributed by atoms with Gasteiger partial charge >= 0.3 is 0 Å². The molecule has 2 amide bonds. The van der Waals surface area contributed by atoms with Gasteiger partial charge in [0.1, 0.15) is 0 Å². The number of pyridine rings is 1. The van der Waals surface area contributed by atoms with Gasteiger partial charge in [-0.2, -0.15) is 0 Å². The molecule has 2 aliphatic rings. The summed E-state index contributed by atoms with van der Waals surface area (Å²) < 4.78 is 0. The van der Waals surface area contributed by atoms with E-state index in [1.807, 2.05) is 47.5 Å². The molecular formula is C22H23N3O2. The molecule has 1 aromatic carbocycles. The molecule has 0 aliphatic carbocycles. The predicted molar refractivity (Wildman–Crippen MR) is 103 cm³/mol. The molecule has 5 nitrogen and oxygen atoms in total. The fourth-order valence-corrected chi connectivity index (χ4v) is 4.29. The third kappa shape index (κ3) is 3.03. The summed E-state index contributed by atoms with van der Waals surface area (Å²) in [6.45, 7) is 5.93. The fourth-order valence-electron chi connectivity index (χ4n) is 4.29. The minimum Gasteiger partial charge on any atom is -0.339 e. The standard InChI is InChI=1S/C22H23N3O2/c1-2-20(26)24-12-9-22(10-13-24,19-6-4-3-5-7-19)21(27)25-15-17-8-11-23-14-18(17)16-25/h2-8,11,14H,1,9-10,12-13,15-16H2. The largest absolute Gasteiger partial charge is 0.339 e. The highest BCUT2D eigenvalue weighted by Crippen LogP contribution is 2.39. The van der Waals surface area contributed by atoms with E-state index in [-0.39, 0.29) is 11.8 Å². The first-order valence-corrected chi connectivity index (χ1v) is 9.32. The molecule has 1 saturated heterocycles. The Bertz CT molecular complexity index is 845. The van der Waals surface area contributed by atoms with Gasteiger partial charge in [0.05, 0.1) is 5.41 Å². The minimum atomic E-state index is -0.589. The molecule has 0 bridgehead atoms. The third-order valence-corrected chi connectivity index (χ3v) is 5.85. The average molecular weight is 361 g/mol. The Morgan fingerprint density at radius 3 is 2.37 bits per heavy atom. The van der Waals surface area contributed by atoms with E-state index in [1.165, 1.54) is 11.6 Å². The second-order valence-electron chi connectivity index (χ2n) is 7.28. The van der Waals surface area contributed by atoms with E-state index in [9.17, 15) is 9.59 Å². The van der Waals surface area contributed by atoms with E-state index in [1.54, 1.807) is 11.1 Å². The third-order valence-electron chi connectivity index (χ3n) is 5.85. The molecule has 0 spiro atoms. The summed E-state index contributed by atoms with van der Waals surface area (Å²) >= 11 is 0. The van der Waals surface area contributed by atoms with Gasteiger partial charge in [0.25, 0.3) is 0 Å². The number of hydrogen-bond acceptors (Lipinski definition) is 3. The van der Waals surface area contributed by atoms with Crippen LogP contribution in [0, 0.1) is 0 Å². The number of likely N-dealkylation sites (tertiary alicyclic amines) is 1. The number of amides is 2. The lowest BCUT2D eigenvalue weighted by molar-refractivity contribution is -0.142. The van der Waals surface area contributed by atoms with Crippen LogP contribution in [0.1, 0.15) is 29.5 Å². The Kier molecular flexibility index (Phi) is 4.52. The van der Waals surface area contributed by atoms with Crippen molar-refractivity contribution >= 4 is 11.8 Å². The van der Waals surface area contributed by atoms with Crippen molar-refractivity contribution < 1.29 is 9.59 Å². The fraction of sp³-hybridized carbons (Fsp3) is 0.318. The van der Waals surface area contributed by atoms with Crippen LogP contribution in [0.3, 0.4) is 0 Å². The summed E-state index contributed by atoms with van der Waals surface area (Å²) in [5, 5.41) is 0. The van der Waals surface area contributed by atoms with Gasteiger partial charge in [0.2, 0.25) is 11.8 Å². The molecule has 0 saturated carbocycles. The minimum absolute atomic E-state index is 0.0660. The van der Waals surface area contributed by atoms with E-state index < -0.39 is 5.41 Å². The number of hydrogen-bond donors (Lipinski definition) is 0. The summed E-state index contributed by atoms with van der Waals surface area (Å²) in [4.78, 5) is 33.6. The number of rotatable bonds is 3. The summed E-state index contributed by atoms with van der Waals surface area (Å²) in [6.07, 6.45) is 6.23. The first-order valence-electron chi connectivity index (χ1n) is 9.32. The van der Waals surface area contributed by atoms with Crippen molar-refractivity contribution in [2.24, 2.45) is 0 Å². The molecule has 0 N–H and O–H groups in total. The maximum Gasteiger partial charge on any atom is 0.245 e. The molecular weight excluding hydrogens is 338 g/mol. The topological polar surface area (TPSA) is 53.5 Å². The van der Waals surface area contributed by atoms with Crippen LogP contribution in [0.2, 0.25) is 0 Å². The summed E-state index contributed by atoms with van der Waals surface area (Å²) in [5.41, 5.74) is 2.73. The van der Waals surface area contributed by atoms with Gasteiger partial charge in [0.15, 0.2) is 0 Å². The molecule has 0 unspecified atom stereocenters. The molecule has 0 radical (unpaired) electrons. The molecule has 2 aliphatic heterocycles. The zero-order chi connectivity index (χ0) is 18.9. The Hall–Kier alpha value is -2.95. The molecule has 138 valence electrons. The second kappa shape index (κ2) is 6.99. The lowest BCUT2D eigenvalue weighted by Gasteiger charge is -2.42. The van der Waals surface area contributed by atoms with Crippen LogP contribution < -0.4 is 0 Å². The van der Waals surface area contributed by atoms with Crippen LogP contribution in [0.15, 0.2) is 61.4 Å². The van der Waals surface area contributed by atoms with Gasteiger partial charge in [-0.05, 0) is 41.7 Å². The summed E-state index contributed by atoms with van der Waals surface area (Å²) in [7, 11) is 0. The van der Waals surface area contributed by atoms with Crippen molar-refractivity contribution in [3.05, 3.63) is 78.1 Å². The van der Waals surface area contributed by atoms with Crippen molar-refractivity contribution in [3.63, 3.8) is 0 Å². The maximum absolute atomic E-state index is 13.7. The Morgan fingerprint density at radius 2 is 1.70 bits per heavy atom. The van der Waals surface area contributed by atoms with E-state index in [0.29, 0.717) is 39.0 Å². The second-order valence-corrected chi connectivity index (χ2v) is 7.28. The van der Waals surface area contributed by atoms with Gasteiger partial charge in [0, 0.05) is 38.6 Å². The Morgan fingerprint density at radius 1 is 1.00 bits per heavy atom. The van der Waals surface area contributed by atoms with Gasteiger partial charge < -0.3 is 9.80 Å². The van der Waals surface area contributed by atoms with Crippen molar-refractivity contribution in [3.8, 4) is 0 Å². The predicted octanol–water partition coefficient (Wildman–Crippen LogP) is 2.67. The van der Waals surface area contributed by atoms with Gasteiger partial charge in [-0.3, -0.25) is 14.6 Å². The van der Waals surface area contributed by atoms with Crippen LogP contribution in [0.4, 0.5) is 0 Å². The zero-order valence-electron chi connectivity index (χ0n) is 15.3. The van der Waals surface area contributed by atoms with Crippen molar-refractivity contribution in [2.75, 3.05) is 13.1 Å². The number of nitrogens with zero attached hydrogens (tertiary/aromatic N) is 3. The number of carbonyl (C=O) groups excluding carboxylic acids is 2. The monoisotopic (exact) mass is 361 g/mol. The average Bonchev–Trinajstić information content (AvgIpc) is 3.17. The molecule has 2 aromatic rings. The lowest BCUT2D eigenvalue weighted by Crippen LogP contribution is -2.52. The Balaban J connectivity index is 1.63. The highest BCUT2D eigenvalue weighted by Gasteiger charge is 2.46. The van der Waals surface area contributed by atoms with Crippen LogP contribution >= 0.6 is 0 Å². The van der Waals surface area contributed by atoms with Gasteiger partial charge in [-0.15, -0.1) is 0 Å². The molecule has 1 aromatic heterocycles. The quantitative estimate of drug-likeness (QED) is 0.790. The van der Waals surface area contributed by atoms with Crippen LogP contribution in [0.5, 0.6) is 0 Å². The van der Waals surface area contributed by atoms with Crippen LogP contribution in [-0.2, 0) is 28.1 Å². The van der Waals surface area contributed by atoms with E-state index in [0.717, 1.165) is 11.1 Å². The van der Waals surface area contributed by atoms with E-state index >= 15 is 0 Å². The van der Waals surface area contributed by atoms with Crippen molar-refractivity contribution in [2.45, 2.75) is 31.3 Å². The normalized spacial score (nSPS) is 18.1. The van der Waals surface area contributed by atoms with E-state index in [2.05, 4.69) is 11.6 Å². The molecule has 0 atom stereocenters. The van der Waals surface area contributed by atoms with Crippen LogP contribution in [0.25, 0.3) is 0 Å². The van der Waals surface area contributed by atoms with Gasteiger partial charge in [-0.1, -0.05) is 36.9 Å². The molecule has 3 heterocycles. The molecule has 1 fully saturated rings. The molecule has 27 heavy (non-hydrogen) atoms. The highest BCUT2D eigenvalue weighted by molar-refractivity contribution is 5.90. The number of carbonyl (C=O) groups is 2. The molecule has 5 heteroatoms.